The first-order valence-electron chi connectivity index (χ1n) is 6.94. The smallest absolute Gasteiger partial charge is 0.257 e. The minimum Gasteiger partial charge on any atom is -0.289 e. The zero-order valence-electron chi connectivity index (χ0n) is 11.7. The highest BCUT2D eigenvalue weighted by atomic mass is 19.1. The predicted octanol–water partition coefficient (Wildman–Crippen LogP) is 3.39. The molecule has 3 nitrogen and oxygen atoms in total. The molecule has 104 valence electrons. The fourth-order valence-electron chi connectivity index (χ4n) is 2.54. The van der Waals surface area contributed by atoms with E-state index in [4.69, 9.17) is 0 Å². The molecule has 4 heteroatoms. The van der Waals surface area contributed by atoms with Gasteiger partial charge in [0.25, 0.3) is 5.56 Å². The Hall–Kier alpha value is -1.97. The molecule has 1 aliphatic rings. The number of hydrogen-bond donors (Lipinski definition) is 0. The molecule has 0 bridgehead atoms. The number of hydrogen-bond acceptors (Lipinski definition) is 2. The highest BCUT2D eigenvalue weighted by Crippen LogP contribution is 2.34. The van der Waals surface area contributed by atoms with E-state index >= 15 is 0 Å². The lowest BCUT2D eigenvalue weighted by molar-refractivity contribution is 0.305. The van der Waals surface area contributed by atoms with Crippen LogP contribution in [-0.2, 0) is 0 Å². The second-order valence-electron chi connectivity index (χ2n) is 5.39. The Kier molecular flexibility index (Phi) is 3.16. The van der Waals surface area contributed by atoms with E-state index in [2.05, 4.69) is 4.98 Å². The molecular weight excluding hydrogens is 255 g/mol. The third kappa shape index (κ3) is 1.96. The second kappa shape index (κ2) is 4.85. The van der Waals surface area contributed by atoms with E-state index in [1.54, 1.807) is 36.6 Å². The fraction of sp³-hybridized carbons (Fsp3) is 0.375. The van der Waals surface area contributed by atoms with Gasteiger partial charge < -0.3 is 0 Å². The normalized spacial score (nSPS) is 15.2. The van der Waals surface area contributed by atoms with Crippen LogP contribution in [0.4, 0.5) is 4.39 Å². The maximum absolute atomic E-state index is 14.0. The summed E-state index contributed by atoms with van der Waals surface area (Å²) in [4.78, 5) is 17.0. The Morgan fingerprint density at radius 1 is 1.25 bits per heavy atom. The number of nitrogens with zero attached hydrogens (tertiary/aromatic N) is 2. The molecule has 0 N–H and O–H groups in total. The summed E-state index contributed by atoms with van der Waals surface area (Å²) in [5.74, 6) is 0.122. The van der Waals surface area contributed by atoms with E-state index in [1.807, 2.05) is 0 Å². The molecule has 0 spiro atoms. The van der Waals surface area contributed by atoms with Crippen LogP contribution in [0.5, 0.6) is 0 Å². The molecule has 0 unspecified atom stereocenters. The van der Waals surface area contributed by atoms with Crippen molar-refractivity contribution in [3.8, 4) is 11.4 Å². The SMILES string of the molecule is Cc1nc(-c2ccccc2F)n(C2CCC2)c(=O)c1C. The summed E-state index contributed by atoms with van der Waals surface area (Å²) in [6, 6.07) is 6.66. The van der Waals surface area contributed by atoms with Gasteiger partial charge in [-0.2, -0.15) is 0 Å². The molecule has 0 atom stereocenters. The average molecular weight is 272 g/mol. The summed E-state index contributed by atoms with van der Waals surface area (Å²) in [6.45, 7) is 3.58. The van der Waals surface area contributed by atoms with Gasteiger partial charge in [0, 0.05) is 17.3 Å². The molecule has 1 aromatic heterocycles. The third-order valence-electron chi connectivity index (χ3n) is 4.14. The van der Waals surface area contributed by atoms with E-state index < -0.39 is 0 Å². The molecule has 3 rings (SSSR count). The molecular formula is C16H17FN2O. The summed E-state index contributed by atoms with van der Waals surface area (Å²) >= 11 is 0. The summed E-state index contributed by atoms with van der Waals surface area (Å²) in [6.07, 6.45) is 3.04. The maximum Gasteiger partial charge on any atom is 0.257 e. The van der Waals surface area contributed by atoms with Crippen molar-refractivity contribution >= 4 is 0 Å². The largest absolute Gasteiger partial charge is 0.289 e. The summed E-state index contributed by atoms with van der Waals surface area (Å²) in [5, 5.41) is 0. The van der Waals surface area contributed by atoms with Gasteiger partial charge in [0.2, 0.25) is 0 Å². The van der Waals surface area contributed by atoms with E-state index in [1.165, 1.54) is 6.07 Å². The minimum atomic E-state index is -0.337. The van der Waals surface area contributed by atoms with Crippen molar-refractivity contribution in [2.45, 2.75) is 39.2 Å². The number of aromatic nitrogens is 2. The van der Waals surface area contributed by atoms with E-state index in [0.717, 1.165) is 19.3 Å². The zero-order chi connectivity index (χ0) is 14.3. The van der Waals surface area contributed by atoms with Crippen molar-refractivity contribution < 1.29 is 4.39 Å². The van der Waals surface area contributed by atoms with Crippen molar-refractivity contribution in [1.82, 2.24) is 9.55 Å². The Bertz CT molecular complexity index is 717. The highest BCUT2D eigenvalue weighted by Gasteiger charge is 2.26. The number of aryl methyl sites for hydroxylation is 1. The molecule has 0 radical (unpaired) electrons. The van der Waals surface area contributed by atoms with Crippen molar-refractivity contribution in [2.24, 2.45) is 0 Å². The molecule has 1 saturated carbocycles. The molecule has 20 heavy (non-hydrogen) atoms. The first-order valence-corrected chi connectivity index (χ1v) is 6.94. The van der Waals surface area contributed by atoms with Crippen molar-refractivity contribution in [3.63, 3.8) is 0 Å². The Balaban J connectivity index is 2.29. The van der Waals surface area contributed by atoms with Crippen LogP contribution in [0.25, 0.3) is 11.4 Å². The van der Waals surface area contributed by atoms with Gasteiger partial charge in [-0.05, 0) is 45.2 Å². The molecule has 1 fully saturated rings. The standard InChI is InChI=1S/C16H17FN2O/c1-10-11(2)18-15(13-8-3-4-9-14(13)17)19(16(10)20)12-6-5-7-12/h3-4,8-9,12H,5-7H2,1-2H3. The molecule has 0 amide bonds. The van der Waals surface area contributed by atoms with Crippen LogP contribution < -0.4 is 5.56 Å². The van der Waals surface area contributed by atoms with Gasteiger partial charge in [-0.25, -0.2) is 9.37 Å². The van der Waals surface area contributed by atoms with Gasteiger partial charge in [0.05, 0.1) is 5.56 Å². The Morgan fingerprint density at radius 3 is 2.55 bits per heavy atom. The lowest BCUT2D eigenvalue weighted by Crippen LogP contribution is -2.33. The topological polar surface area (TPSA) is 34.9 Å². The molecule has 0 saturated heterocycles. The van der Waals surface area contributed by atoms with Crippen LogP contribution in [-0.4, -0.2) is 9.55 Å². The van der Waals surface area contributed by atoms with E-state index in [-0.39, 0.29) is 17.4 Å². The number of rotatable bonds is 2. The van der Waals surface area contributed by atoms with E-state index in [9.17, 15) is 9.18 Å². The van der Waals surface area contributed by atoms with Crippen LogP contribution in [0.2, 0.25) is 0 Å². The van der Waals surface area contributed by atoms with Gasteiger partial charge in [-0.15, -0.1) is 0 Å². The highest BCUT2D eigenvalue weighted by molar-refractivity contribution is 5.57. The van der Waals surface area contributed by atoms with Gasteiger partial charge in [-0.1, -0.05) is 12.1 Å². The average Bonchev–Trinajstić information content (AvgIpc) is 2.38. The minimum absolute atomic E-state index is 0.0412. The van der Waals surface area contributed by atoms with Crippen LogP contribution in [0.3, 0.4) is 0 Å². The van der Waals surface area contributed by atoms with E-state index in [0.29, 0.717) is 22.6 Å². The third-order valence-corrected chi connectivity index (χ3v) is 4.14. The van der Waals surface area contributed by atoms with Gasteiger partial charge in [0.1, 0.15) is 11.6 Å². The van der Waals surface area contributed by atoms with Gasteiger partial charge >= 0.3 is 0 Å². The molecule has 2 aromatic rings. The lowest BCUT2D eigenvalue weighted by atomic mass is 9.92. The molecule has 1 heterocycles. The first-order chi connectivity index (χ1) is 9.59. The fourth-order valence-corrected chi connectivity index (χ4v) is 2.54. The van der Waals surface area contributed by atoms with Crippen LogP contribution in [0.1, 0.15) is 36.6 Å². The quantitative estimate of drug-likeness (QED) is 0.840. The summed E-state index contributed by atoms with van der Waals surface area (Å²) in [5.41, 5.74) is 1.68. The lowest BCUT2D eigenvalue weighted by Gasteiger charge is -2.30. The van der Waals surface area contributed by atoms with Crippen LogP contribution >= 0.6 is 0 Å². The first kappa shape index (κ1) is 13.0. The maximum atomic E-state index is 14.0. The molecule has 0 aliphatic heterocycles. The number of benzene rings is 1. The zero-order valence-corrected chi connectivity index (χ0v) is 11.7. The van der Waals surface area contributed by atoms with Crippen molar-refractivity contribution in [2.75, 3.05) is 0 Å². The number of halogens is 1. The predicted molar refractivity (Wildman–Crippen MR) is 76.3 cm³/mol. The summed E-state index contributed by atoms with van der Waals surface area (Å²) < 4.78 is 15.7. The Morgan fingerprint density at radius 2 is 1.95 bits per heavy atom. The van der Waals surface area contributed by atoms with Crippen molar-refractivity contribution in [3.05, 3.63) is 51.7 Å². The van der Waals surface area contributed by atoms with Gasteiger partial charge in [0.15, 0.2) is 0 Å². The van der Waals surface area contributed by atoms with Crippen LogP contribution in [0.15, 0.2) is 29.1 Å². The Labute approximate surface area is 117 Å². The summed E-state index contributed by atoms with van der Waals surface area (Å²) in [7, 11) is 0. The van der Waals surface area contributed by atoms with Gasteiger partial charge in [-0.3, -0.25) is 9.36 Å². The monoisotopic (exact) mass is 272 g/mol. The van der Waals surface area contributed by atoms with Crippen LogP contribution in [0, 0.1) is 19.7 Å². The van der Waals surface area contributed by atoms with Crippen molar-refractivity contribution in [1.29, 1.82) is 0 Å². The molecule has 1 aliphatic carbocycles. The second-order valence-corrected chi connectivity index (χ2v) is 5.39. The molecule has 1 aromatic carbocycles.